The van der Waals surface area contributed by atoms with Crippen molar-refractivity contribution in [3.63, 3.8) is 0 Å². The summed E-state index contributed by atoms with van der Waals surface area (Å²) in [6, 6.07) is 14.0. The summed E-state index contributed by atoms with van der Waals surface area (Å²) in [7, 11) is 0. The van der Waals surface area contributed by atoms with Gasteiger partial charge in [0.15, 0.2) is 0 Å². The zero-order chi connectivity index (χ0) is 26.2. The third kappa shape index (κ3) is 5.95. The first-order chi connectivity index (χ1) is 16.2. The monoisotopic (exact) mass is 488 g/mol. The lowest BCUT2D eigenvalue weighted by Gasteiger charge is -2.24. The molecule has 0 heterocycles. The van der Waals surface area contributed by atoms with Gasteiger partial charge in [-0.2, -0.15) is 36.9 Å². The van der Waals surface area contributed by atoms with E-state index < -0.39 is 25.2 Å². The van der Waals surface area contributed by atoms with Crippen LogP contribution in [0.1, 0.15) is 55.0 Å². The fourth-order valence-electron chi connectivity index (χ4n) is 4.10. The highest BCUT2D eigenvalue weighted by Crippen LogP contribution is 2.39. The second kappa shape index (κ2) is 9.26. The van der Waals surface area contributed by atoms with Gasteiger partial charge in [-0.3, -0.25) is 0 Å². The number of nitrogens with zero attached hydrogens (tertiary/aromatic N) is 2. The van der Waals surface area contributed by atoms with Gasteiger partial charge in [-0.1, -0.05) is 51.1 Å². The van der Waals surface area contributed by atoms with Crippen molar-refractivity contribution in [3.05, 3.63) is 70.3 Å². The van der Waals surface area contributed by atoms with Crippen LogP contribution in [0.5, 0.6) is 0 Å². The normalized spacial score (nSPS) is 12.4. The molecule has 0 spiro atoms. The van der Waals surface area contributed by atoms with E-state index in [2.05, 4.69) is 0 Å². The van der Waals surface area contributed by atoms with Crippen LogP contribution in [0.15, 0.2) is 42.5 Å². The molecule has 182 valence electrons. The maximum absolute atomic E-state index is 13.2. The molecule has 8 heteroatoms. The Balaban J connectivity index is 2.43. The number of halogens is 6. The highest BCUT2D eigenvalue weighted by Gasteiger charge is 2.31. The molecule has 0 aliphatic rings. The van der Waals surface area contributed by atoms with Crippen LogP contribution in [0.25, 0.3) is 21.9 Å². The van der Waals surface area contributed by atoms with Crippen LogP contribution in [0.2, 0.25) is 0 Å². The number of alkyl halides is 6. The lowest BCUT2D eigenvalue weighted by atomic mass is 9.80. The Labute approximate surface area is 199 Å². The summed E-state index contributed by atoms with van der Waals surface area (Å²) in [6.07, 6.45) is -11.3. The standard InChI is InChI=1S/C27H22F6N2/c1-4-25(2,3)21-6-5-18-10-20(14-34)23(15-35)24(22(18)11-21)19-8-16(12-26(28,29)30)7-17(9-19)13-27(31,32)33/h5-11H,4,12-13H2,1-3H3. The summed E-state index contributed by atoms with van der Waals surface area (Å²) in [5.74, 6) is 0. The molecule has 0 atom stereocenters. The first kappa shape index (κ1) is 26.1. The van der Waals surface area contributed by atoms with Crippen molar-refractivity contribution in [2.45, 2.75) is 57.8 Å². The summed E-state index contributed by atoms with van der Waals surface area (Å²) >= 11 is 0. The van der Waals surface area contributed by atoms with E-state index in [1.165, 1.54) is 6.07 Å². The van der Waals surface area contributed by atoms with E-state index in [0.29, 0.717) is 10.8 Å². The van der Waals surface area contributed by atoms with Gasteiger partial charge in [0, 0.05) is 5.56 Å². The second-order valence-corrected chi connectivity index (χ2v) is 9.19. The molecule has 0 aromatic heterocycles. The van der Waals surface area contributed by atoms with E-state index in [0.717, 1.165) is 30.2 Å². The maximum atomic E-state index is 13.2. The molecule has 0 N–H and O–H groups in total. The average Bonchev–Trinajstić information content (AvgIpc) is 2.74. The SMILES string of the molecule is CCC(C)(C)c1ccc2cc(C#N)c(C#N)c(-c3cc(CC(F)(F)F)cc(CC(F)(F)F)c3)c2c1. The number of rotatable bonds is 5. The Morgan fingerprint density at radius 1 is 0.771 bits per heavy atom. The molecule has 0 saturated carbocycles. The van der Waals surface area contributed by atoms with Gasteiger partial charge in [0.05, 0.1) is 24.0 Å². The van der Waals surface area contributed by atoms with Gasteiger partial charge in [-0.15, -0.1) is 0 Å². The van der Waals surface area contributed by atoms with Gasteiger partial charge >= 0.3 is 12.4 Å². The Kier molecular flexibility index (Phi) is 6.90. The third-order valence-electron chi connectivity index (χ3n) is 6.19. The summed E-state index contributed by atoms with van der Waals surface area (Å²) in [5, 5.41) is 20.5. The fraction of sp³-hybridized carbons (Fsp3) is 0.333. The molecule has 0 unspecified atom stereocenters. The van der Waals surface area contributed by atoms with Crippen molar-refractivity contribution in [2.75, 3.05) is 0 Å². The second-order valence-electron chi connectivity index (χ2n) is 9.19. The first-order valence-electron chi connectivity index (χ1n) is 10.9. The molecule has 0 aliphatic heterocycles. The van der Waals surface area contributed by atoms with E-state index >= 15 is 0 Å². The predicted molar refractivity (Wildman–Crippen MR) is 122 cm³/mol. The molecule has 3 rings (SSSR count). The number of nitriles is 2. The van der Waals surface area contributed by atoms with Crippen molar-refractivity contribution in [3.8, 4) is 23.3 Å². The zero-order valence-corrected chi connectivity index (χ0v) is 19.3. The van der Waals surface area contributed by atoms with Gasteiger partial charge in [0.1, 0.15) is 12.1 Å². The number of hydrogen-bond acceptors (Lipinski definition) is 2. The molecule has 2 nitrogen and oxygen atoms in total. The summed E-state index contributed by atoms with van der Waals surface area (Å²) in [4.78, 5) is 0. The molecule has 0 bridgehead atoms. The van der Waals surface area contributed by atoms with E-state index in [-0.39, 0.29) is 38.8 Å². The smallest absolute Gasteiger partial charge is 0.192 e. The van der Waals surface area contributed by atoms with Crippen LogP contribution in [-0.4, -0.2) is 12.4 Å². The summed E-state index contributed by atoms with van der Waals surface area (Å²) < 4.78 is 79.0. The lowest BCUT2D eigenvalue weighted by Crippen LogP contribution is -2.15. The Hall–Kier alpha value is -3.52. The van der Waals surface area contributed by atoms with Crippen LogP contribution in [0.4, 0.5) is 26.3 Å². The molecular formula is C27H22F6N2. The zero-order valence-electron chi connectivity index (χ0n) is 19.3. The molecule has 3 aromatic rings. The van der Waals surface area contributed by atoms with Gasteiger partial charge in [0.2, 0.25) is 0 Å². The molecular weight excluding hydrogens is 466 g/mol. The van der Waals surface area contributed by atoms with Crippen LogP contribution in [-0.2, 0) is 18.3 Å². The average molecular weight is 488 g/mol. The van der Waals surface area contributed by atoms with Crippen molar-refractivity contribution < 1.29 is 26.3 Å². The van der Waals surface area contributed by atoms with Gasteiger partial charge < -0.3 is 0 Å². The molecule has 0 saturated heterocycles. The molecule has 35 heavy (non-hydrogen) atoms. The molecule has 0 fully saturated rings. The Morgan fingerprint density at radius 3 is 1.80 bits per heavy atom. The number of fused-ring (bicyclic) bond motifs is 1. The lowest BCUT2D eigenvalue weighted by molar-refractivity contribution is -0.127. The minimum atomic E-state index is -4.64. The topological polar surface area (TPSA) is 47.6 Å². The van der Waals surface area contributed by atoms with E-state index in [9.17, 15) is 36.9 Å². The largest absolute Gasteiger partial charge is 0.393 e. The third-order valence-corrected chi connectivity index (χ3v) is 6.19. The van der Waals surface area contributed by atoms with Crippen LogP contribution >= 0.6 is 0 Å². The Morgan fingerprint density at radius 2 is 1.34 bits per heavy atom. The van der Waals surface area contributed by atoms with Crippen molar-refractivity contribution in [2.24, 2.45) is 0 Å². The van der Waals surface area contributed by atoms with Crippen LogP contribution in [0, 0.1) is 22.7 Å². The summed E-state index contributed by atoms with van der Waals surface area (Å²) in [6.45, 7) is 6.01. The maximum Gasteiger partial charge on any atom is 0.393 e. The van der Waals surface area contributed by atoms with Gasteiger partial charge in [-0.05, 0) is 57.0 Å². The Bertz CT molecular complexity index is 1320. The highest BCUT2D eigenvalue weighted by molar-refractivity contribution is 6.01. The van der Waals surface area contributed by atoms with E-state index in [1.54, 1.807) is 12.1 Å². The van der Waals surface area contributed by atoms with Crippen molar-refractivity contribution in [1.29, 1.82) is 10.5 Å². The van der Waals surface area contributed by atoms with Gasteiger partial charge in [-0.25, -0.2) is 0 Å². The first-order valence-corrected chi connectivity index (χ1v) is 10.9. The predicted octanol–water partition coefficient (Wildman–Crippen LogP) is 8.15. The minimum absolute atomic E-state index is 0.00361. The minimum Gasteiger partial charge on any atom is -0.192 e. The number of hydrogen-bond donors (Lipinski definition) is 0. The molecule has 3 aromatic carbocycles. The highest BCUT2D eigenvalue weighted by atomic mass is 19.4. The fourth-order valence-corrected chi connectivity index (χ4v) is 4.10. The van der Waals surface area contributed by atoms with Gasteiger partial charge in [0.25, 0.3) is 0 Å². The van der Waals surface area contributed by atoms with Crippen molar-refractivity contribution >= 4 is 10.8 Å². The molecule has 0 amide bonds. The molecule has 0 radical (unpaired) electrons. The number of benzene rings is 3. The van der Waals surface area contributed by atoms with E-state index in [4.69, 9.17) is 0 Å². The quantitative estimate of drug-likeness (QED) is 0.340. The molecule has 0 aliphatic carbocycles. The van der Waals surface area contributed by atoms with Crippen LogP contribution < -0.4 is 0 Å². The van der Waals surface area contributed by atoms with Crippen molar-refractivity contribution in [1.82, 2.24) is 0 Å². The van der Waals surface area contributed by atoms with Crippen LogP contribution in [0.3, 0.4) is 0 Å². The van der Waals surface area contributed by atoms with E-state index in [1.807, 2.05) is 39.0 Å². The summed E-state index contributed by atoms with van der Waals surface area (Å²) in [5.41, 5.74) is 0.0244.